The molecule has 0 atom stereocenters. The number of aromatic carboxylic acids is 1. The van der Waals surface area contributed by atoms with Crippen LogP contribution in [0.3, 0.4) is 0 Å². The maximum absolute atomic E-state index is 12.8. The molecule has 2 aromatic rings. The summed E-state index contributed by atoms with van der Waals surface area (Å²) in [7, 11) is -5.41. The molecule has 31 heavy (non-hydrogen) atoms. The molecule has 1 fully saturated rings. The van der Waals surface area contributed by atoms with Crippen LogP contribution in [0.15, 0.2) is 17.1 Å². The molecule has 1 saturated heterocycles. The van der Waals surface area contributed by atoms with Gasteiger partial charge in [0.15, 0.2) is 0 Å². The Kier molecular flexibility index (Phi) is 5.22. The first-order valence-corrected chi connectivity index (χ1v) is 11.2. The Bertz CT molecular complexity index is 1250. The van der Waals surface area contributed by atoms with Gasteiger partial charge in [-0.25, -0.2) is 13.2 Å². The van der Waals surface area contributed by atoms with Crippen LogP contribution >= 0.6 is 11.6 Å². The third-order valence-electron chi connectivity index (χ3n) is 5.63. The second-order valence-electron chi connectivity index (χ2n) is 7.39. The van der Waals surface area contributed by atoms with Crippen molar-refractivity contribution in [1.82, 2.24) is 8.87 Å². The van der Waals surface area contributed by atoms with Gasteiger partial charge in [0.1, 0.15) is 5.56 Å². The number of hydrogen-bond acceptors (Lipinski definition) is 5. The molecular formula is C18H17ClF3N3O5S. The lowest BCUT2D eigenvalue weighted by Gasteiger charge is -2.37. The van der Waals surface area contributed by atoms with Gasteiger partial charge >= 0.3 is 21.5 Å². The molecule has 4 rings (SSSR count). The normalized spacial score (nSPS) is 17.9. The molecule has 0 amide bonds. The first kappa shape index (κ1) is 21.9. The van der Waals surface area contributed by atoms with Crippen molar-refractivity contribution in [2.45, 2.75) is 24.9 Å². The number of anilines is 1. The van der Waals surface area contributed by atoms with E-state index in [1.54, 1.807) is 9.47 Å². The number of sulfonamides is 1. The fraction of sp³-hybridized carbons (Fsp3) is 0.444. The highest BCUT2D eigenvalue weighted by Crippen LogP contribution is 2.39. The zero-order valence-corrected chi connectivity index (χ0v) is 17.5. The van der Waals surface area contributed by atoms with Crippen molar-refractivity contribution < 1.29 is 31.5 Å². The smallest absolute Gasteiger partial charge is 0.477 e. The van der Waals surface area contributed by atoms with Gasteiger partial charge in [0.05, 0.1) is 16.2 Å². The van der Waals surface area contributed by atoms with Gasteiger partial charge in [-0.15, -0.1) is 0 Å². The summed E-state index contributed by atoms with van der Waals surface area (Å²) in [5, 5.41) is 9.66. The number of aryl methyl sites for hydroxylation is 2. The van der Waals surface area contributed by atoms with Gasteiger partial charge in [0.2, 0.25) is 5.43 Å². The third-order valence-corrected chi connectivity index (χ3v) is 7.55. The Morgan fingerprint density at radius 1 is 1.13 bits per heavy atom. The predicted molar refractivity (Wildman–Crippen MR) is 107 cm³/mol. The number of rotatable bonds is 3. The van der Waals surface area contributed by atoms with E-state index in [9.17, 15) is 36.3 Å². The SMILES string of the molecule is O=C(O)c1cn2c3c(c(N4CCN(S(=O)(=O)C(F)(F)F)CC4)c(Cl)cc3c1=O)CCC2. The molecule has 0 bridgehead atoms. The average Bonchev–Trinajstić information content (AvgIpc) is 2.69. The number of carbonyl (C=O) groups is 1. The second kappa shape index (κ2) is 7.38. The molecule has 13 heteroatoms. The first-order chi connectivity index (χ1) is 14.4. The molecule has 0 saturated carbocycles. The summed E-state index contributed by atoms with van der Waals surface area (Å²) in [5.74, 6) is -1.34. The van der Waals surface area contributed by atoms with Gasteiger partial charge in [-0.1, -0.05) is 11.6 Å². The zero-order chi connectivity index (χ0) is 22.7. The summed E-state index contributed by atoms with van der Waals surface area (Å²) in [6, 6.07) is 1.38. The Balaban J connectivity index is 1.77. The highest BCUT2D eigenvalue weighted by atomic mass is 35.5. The minimum Gasteiger partial charge on any atom is -0.477 e. The fourth-order valence-corrected chi connectivity index (χ4v) is 5.52. The molecule has 3 heterocycles. The summed E-state index contributed by atoms with van der Waals surface area (Å²) in [4.78, 5) is 25.8. The Morgan fingerprint density at radius 3 is 2.35 bits per heavy atom. The number of halogens is 4. The molecule has 0 radical (unpaired) electrons. The van der Waals surface area contributed by atoms with Crippen LogP contribution < -0.4 is 10.3 Å². The van der Waals surface area contributed by atoms with E-state index in [0.717, 1.165) is 0 Å². The number of carboxylic acids is 1. The van der Waals surface area contributed by atoms with Gasteiger partial charge in [-0.05, 0) is 18.9 Å². The summed E-state index contributed by atoms with van der Waals surface area (Å²) in [6.07, 6.45) is 2.49. The second-order valence-corrected chi connectivity index (χ2v) is 9.73. The monoisotopic (exact) mass is 479 g/mol. The summed E-state index contributed by atoms with van der Waals surface area (Å²) >= 11 is 6.45. The Morgan fingerprint density at radius 2 is 1.77 bits per heavy atom. The number of nitrogens with zero attached hydrogens (tertiary/aromatic N) is 3. The Labute approximate surface area is 179 Å². The zero-order valence-electron chi connectivity index (χ0n) is 15.9. The van der Waals surface area contributed by atoms with Crippen LogP contribution in [0.1, 0.15) is 22.3 Å². The van der Waals surface area contributed by atoms with Crippen molar-refractivity contribution in [2.75, 3.05) is 31.1 Å². The van der Waals surface area contributed by atoms with E-state index in [-0.39, 0.29) is 42.2 Å². The average molecular weight is 480 g/mol. The van der Waals surface area contributed by atoms with Crippen molar-refractivity contribution in [2.24, 2.45) is 0 Å². The molecule has 1 aromatic carbocycles. The van der Waals surface area contributed by atoms with Crippen LogP contribution in [0, 0.1) is 0 Å². The minimum absolute atomic E-state index is 0.00895. The minimum atomic E-state index is -5.41. The van der Waals surface area contributed by atoms with Crippen LogP contribution in [0.25, 0.3) is 10.9 Å². The van der Waals surface area contributed by atoms with Crippen LogP contribution in [0.2, 0.25) is 5.02 Å². The predicted octanol–water partition coefficient (Wildman–Crippen LogP) is 2.27. The summed E-state index contributed by atoms with van der Waals surface area (Å²) in [5.41, 5.74) is -4.60. The van der Waals surface area contributed by atoms with Crippen LogP contribution in [-0.2, 0) is 23.0 Å². The maximum atomic E-state index is 12.8. The summed E-state index contributed by atoms with van der Waals surface area (Å²) < 4.78 is 63.9. The van der Waals surface area contributed by atoms with Gasteiger partial charge in [-0.2, -0.15) is 17.5 Å². The van der Waals surface area contributed by atoms with Crippen LogP contribution in [0.5, 0.6) is 0 Å². The molecule has 168 valence electrons. The molecule has 0 aliphatic carbocycles. The van der Waals surface area contributed by atoms with Crippen molar-refractivity contribution in [3.05, 3.63) is 38.6 Å². The van der Waals surface area contributed by atoms with E-state index >= 15 is 0 Å². The molecule has 2 aliphatic rings. The van der Waals surface area contributed by atoms with E-state index in [2.05, 4.69) is 0 Å². The van der Waals surface area contributed by atoms with Crippen molar-refractivity contribution in [3.63, 3.8) is 0 Å². The molecule has 1 N–H and O–H groups in total. The van der Waals surface area contributed by atoms with Gasteiger partial charge in [0, 0.05) is 49.9 Å². The lowest BCUT2D eigenvalue weighted by molar-refractivity contribution is -0.0490. The molecular weight excluding hydrogens is 463 g/mol. The molecule has 1 aromatic heterocycles. The third kappa shape index (κ3) is 3.46. The van der Waals surface area contributed by atoms with E-state index in [1.165, 1.54) is 12.3 Å². The highest BCUT2D eigenvalue weighted by Gasteiger charge is 2.50. The van der Waals surface area contributed by atoms with Crippen molar-refractivity contribution in [1.29, 1.82) is 0 Å². The number of pyridine rings is 1. The number of alkyl halides is 3. The van der Waals surface area contributed by atoms with E-state index in [1.807, 2.05) is 0 Å². The summed E-state index contributed by atoms with van der Waals surface area (Å²) in [6.45, 7) is -0.237. The van der Waals surface area contributed by atoms with Gasteiger partial charge in [-0.3, -0.25) is 4.79 Å². The quantitative estimate of drug-likeness (QED) is 0.725. The lowest BCUT2D eigenvalue weighted by Crippen LogP contribution is -2.52. The standard InChI is InChI=1S/C18H17ClF3N3O5S/c19-13-8-11-14-10(2-1-3-24(14)9-12(16(11)26)17(27)28)15(13)23-4-6-25(7-5-23)31(29,30)18(20,21)22/h8-9H,1-7H2,(H,27,28). The van der Waals surface area contributed by atoms with Crippen LogP contribution in [0.4, 0.5) is 18.9 Å². The van der Waals surface area contributed by atoms with Gasteiger partial charge < -0.3 is 14.6 Å². The number of aromatic nitrogens is 1. The van der Waals surface area contributed by atoms with Crippen molar-refractivity contribution >= 4 is 44.2 Å². The highest BCUT2D eigenvalue weighted by molar-refractivity contribution is 7.90. The number of hydrogen-bond donors (Lipinski definition) is 1. The first-order valence-electron chi connectivity index (χ1n) is 9.36. The van der Waals surface area contributed by atoms with E-state index < -0.39 is 26.9 Å². The molecule has 0 spiro atoms. The van der Waals surface area contributed by atoms with Crippen LogP contribution in [-0.4, -0.2) is 60.1 Å². The topological polar surface area (TPSA) is 99.9 Å². The molecule has 0 unspecified atom stereocenters. The molecule has 2 aliphatic heterocycles. The van der Waals surface area contributed by atoms with E-state index in [4.69, 9.17) is 11.6 Å². The Hall–Kier alpha value is -2.31. The fourth-order valence-electron chi connectivity index (χ4n) is 4.24. The van der Waals surface area contributed by atoms with E-state index in [0.29, 0.717) is 40.5 Å². The van der Waals surface area contributed by atoms with Crippen molar-refractivity contribution in [3.8, 4) is 0 Å². The maximum Gasteiger partial charge on any atom is 0.511 e. The van der Waals surface area contributed by atoms with Gasteiger partial charge in [0.25, 0.3) is 0 Å². The number of benzene rings is 1. The number of piperazine rings is 1. The molecule has 8 nitrogen and oxygen atoms in total. The lowest BCUT2D eigenvalue weighted by atomic mass is 9.96. The largest absolute Gasteiger partial charge is 0.511 e. The number of carboxylic acid groups (broad SMARTS) is 1.